The summed E-state index contributed by atoms with van der Waals surface area (Å²) in [4.78, 5) is 24.5. The van der Waals surface area contributed by atoms with Crippen LogP contribution in [-0.2, 0) is 4.79 Å². The highest BCUT2D eigenvalue weighted by molar-refractivity contribution is 9.10. The summed E-state index contributed by atoms with van der Waals surface area (Å²) in [7, 11) is 0. The molecule has 0 saturated carbocycles. The van der Waals surface area contributed by atoms with Gasteiger partial charge in [0.1, 0.15) is 5.75 Å². The van der Waals surface area contributed by atoms with Crippen LogP contribution in [0.25, 0.3) is 0 Å². The van der Waals surface area contributed by atoms with Crippen LogP contribution in [0.4, 0.5) is 0 Å². The topological polar surface area (TPSA) is 67.8 Å². The maximum atomic E-state index is 12.5. The SMILES string of the molecule is CCCCCCCCCC(=O)NN=Cc1cc(Br)ccc1OC(=O)c1ccccc1C. The molecule has 1 amide bonds. The van der Waals surface area contributed by atoms with Gasteiger partial charge in [0.25, 0.3) is 0 Å². The van der Waals surface area contributed by atoms with Gasteiger partial charge in [0.15, 0.2) is 0 Å². The van der Waals surface area contributed by atoms with Crippen LogP contribution in [0.5, 0.6) is 5.75 Å². The number of ether oxygens (including phenoxy) is 1. The highest BCUT2D eigenvalue weighted by Gasteiger charge is 2.13. The Morgan fingerprint density at radius 1 is 1.03 bits per heavy atom. The lowest BCUT2D eigenvalue weighted by Gasteiger charge is -2.09. The molecule has 0 aliphatic heterocycles. The molecule has 0 aliphatic carbocycles. The van der Waals surface area contributed by atoms with Crippen LogP contribution < -0.4 is 10.2 Å². The fraction of sp³-hybridized carbons (Fsp3) is 0.400. The second-order valence-corrected chi connectivity index (χ2v) is 8.47. The number of rotatable bonds is 12. The third-order valence-electron chi connectivity index (χ3n) is 4.94. The van der Waals surface area contributed by atoms with Crippen LogP contribution in [0.15, 0.2) is 52.0 Å². The Morgan fingerprint density at radius 3 is 2.48 bits per heavy atom. The van der Waals surface area contributed by atoms with E-state index >= 15 is 0 Å². The van der Waals surface area contributed by atoms with Crippen LogP contribution in [0.3, 0.4) is 0 Å². The molecule has 6 heteroatoms. The van der Waals surface area contributed by atoms with Crippen LogP contribution >= 0.6 is 15.9 Å². The molecule has 0 bridgehead atoms. The Morgan fingerprint density at radius 2 is 1.74 bits per heavy atom. The molecule has 0 heterocycles. The highest BCUT2D eigenvalue weighted by Crippen LogP contribution is 2.23. The van der Waals surface area contributed by atoms with Crippen LogP contribution in [0.2, 0.25) is 0 Å². The second kappa shape index (κ2) is 13.8. The summed E-state index contributed by atoms with van der Waals surface area (Å²) in [5.74, 6) is -0.169. The molecular weight excluding hydrogens is 456 g/mol. The van der Waals surface area contributed by atoms with Gasteiger partial charge < -0.3 is 4.74 Å². The van der Waals surface area contributed by atoms with Crippen molar-refractivity contribution in [2.45, 2.75) is 65.2 Å². The van der Waals surface area contributed by atoms with Crippen molar-refractivity contribution in [2.75, 3.05) is 0 Å². The van der Waals surface area contributed by atoms with Crippen molar-refractivity contribution in [3.63, 3.8) is 0 Å². The van der Waals surface area contributed by atoms with Gasteiger partial charge >= 0.3 is 5.97 Å². The molecule has 5 nitrogen and oxygen atoms in total. The summed E-state index contributed by atoms with van der Waals surface area (Å²) in [6.07, 6.45) is 10.1. The lowest BCUT2D eigenvalue weighted by atomic mass is 10.1. The van der Waals surface area contributed by atoms with Crippen molar-refractivity contribution >= 4 is 34.0 Å². The van der Waals surface area contributed by atoms with E-state index in [-0.39, 0.29) is 5.91 Å². The van der Waals surface area contributed by atoms with E-state index in [0.717, 1.165) is 22.9 Å². The largest absolute Gasteiger partial charge is 0.422 e. The average Bonchev–Trinajstić information content (AvgIpc) is 2.75. The normalized spacial score (nSPS) is 10.9. The monoisotopic (exact) mass is 486 g/mol. The molecule has 0 atom stereocenters. The Bertz CT molecular complexity index is 896. The minimum Gasteiger partial charge on any atom is -0.422 e. The van der Waals surface area contributed by atoms with Gasteiger partial charge in [-0.2, -0.15) is 5.10 Å². The van der Waals surface area contributed by atoms with Crippen LogP contribution in [0.1, 0.15) is 79.8 Å². The number of carbonyl (C=O) groups excluding carboxylic acids is 2. The molecule has 0 fully saturated rings. The van der Waals surface area contributed by atoms with E-state index in [4.69, 9.17) is 4.74 Å². The molecule has 0 unspecified atom stereocenters. The first kappa shape index (κ1) is 24.8. The van der Waals surface area contributed by atoms with E-state index in [1.165, 1.54) is 38.3 Å². The fourth-order valence-corrected chi connectivity index (χ4v) is 3.52. The minimum atomic E-state index is -0.432. The summed E-state index contributed by atoms with van der Waals surface area (Å²) in [6, 6.07) is 12.5. The standard InChI is InChI=1S/C25H31BrN2O3/c1-3-4-5-6-7-8-9-14-24(29)28-27-18-20-17-21(26)15-16-23(20)31-25(30)22-13-11-10-12-19(22)2/h10-13,15-18H,3-9,14H2,1-2H3,(H,28,29). The predicted octanol–water partition coefficient (Wildman–Crippen LogP) is 6.57. The predicted molar refractivity (Wildman–Crippen MR) is 129 cm³/mol. The molecule has 2 rings (SSSR count). The first-order valence-corrected chi connectivity index (χ1v) is 11.7. The molecule has 0 radical (unpaired) electrons. The molecule has 0 aromatic heterocycles. The van der Waals surface area contributed by atoms with E-state index in [2.05, 4.69) is 33.4 Å². The summed E-state index contributed by atoms with van der Waals surface area (Å²) in [5, 5.41) is 4.04. The number of unbranched alkanes of at least 4 members (excludes halogenated alkanes) is 6. The highest BCUT2D eigenvalue weighted by atomic mass is 79.9. The van der Waals surface area contributed by atoms with Gasteiger partial charge in [-0.05, 0) is 43.2 Å². The van der Waals surface area contributed by atoms with E-state index < -0.39 is 5.97 Å². The van der Waals surface area contributed by atoms with E-state index in [9.17, 15) is 9.59 Å². The number of carbonyl (C=O) groups is 2. The Hall–Kier alpha value is -2.47. The third kappa shape index (κ3) is 9.05. The van der Waals surface area contributed by atoms with E-state index in [1.807, 2.05) is 19.1 Å². The number of nitrogens with zero attached hydrogens (tertiary/aromatic N) is 1. The molecular formula is C25H31BrN2O3. The van der Waals surface area contributed by atoms with Gasteiger partial charge in [-0.3, -0.25) is 4.79 Å². The molecule has 2 aromatic carbocycles. The number of benzene rings is 2. The number of aryl methyl sites for hydroxylation is 1. The van der Waals surface area contributed by atoms with Crippen LogP contribution in [0, 0.1) is 6.92 Å². The summed E-state index contributed by atoms with van der Waals surface area (Å²) < 4.78 is 6.40. The van der Waals surface area contributed by atoms with Crippen LogP contribution in [-0.4, -0.2) is 18.1 Å². The average molecular weight is 487 g/mol. The van der Waals surface area contributed by atoms with Crippen molar-refractivity contribution < 1.29 is 14.3 Å². The zero-order valence-corrected chi connectivity index (χ0v) is 19.9. The van der Waals surface area contributed by atoms with Crippen molar-refractivity contribution in [2.24, 2.45) is 5.10 Å². The first-order chi connectivity index (χ1) is 15.0. The Labute approximate surface area is 193 Å². The number of nitrogens with one attached hydrogen (secondary N) is 1. The Balaban J connectivity index is 1.87. The smallest absolute Gasteiger partial charge is 0.343 e. The number of hydrazone groups is 1. The zero-order chi connectivity index (χ0) is 22.5. The third-order valence-corrected chi connectivity index (χ3v) is 5.43. The van der Waals surface area contributed by atoms with Gasteiger partial charge in [-0.15, -0.1) is 0 Å². The van der Waals surface area contributed by atoms with Crippen molar-refractivity contribution in [3.05, 3.63) is 63.6 Å². The summed E-state index contributed by atoms with van der Waals surface area (Å²) in [6.45, 7) is 4.07. The molecule has 1 N–H and O–H groups in total. The summed E-state index contributed by atoms with van der Waals surface area (Å²) in [5.41, 5.74) is 4.50. The number of halogens is 1. The van der Waals surface area contributed by atoms with Gasteiger partial charge in [0.05, 0.1) is 11.8 Å². The first-order valence-electron chi connectivity index (χ1n) is 10.9. The molecule has 31 heavy (non-hydrogen) atoms. The lowest BCUT2D eigenvalue weighted by Crippen LogP contribution is -2.17. The fourth-order valence-electron chi connectivity index (χ4n) is 3.14. The molecule has 0 saturated heterocycles. The van der Waals surface area contributed by atoms with Crippen molar-refractivity contribution in [1.29, 1.82) is 0 Å². The maximum absolute atomic E-state index is 12.5. The number of amides is 1. The van der Waals surface area contributed by atoms with Gasteiger partial charge in [-0.1, -0.05) is 79.6 Å². The van der Waals surface area contributed by atoms with E-state index in [1.54, 1.807) is 30.3 Å². The quantitative estimate of drug-likeness (QED) is 0.121. The van der Waals surface area contributed by atoms with Gasteiger partial charge in [0.2, 0.25) is 5.91 Å². The number of esters is 1. The molecule has 0 aliphatic rings. The second-order valence-electron chi connectivity index (χ2n) is 7.55. The minimum absolute atomic E-state index is 0.113. The van der Waals surface area contributed by atoms with Gasteiger partial charge in [0, 0.05) is 16.5 Å². The molecule has 2 aromatic rings. The van der Waals surface area contributed by atoms with Crippen molar-refractivity contribution in [3.8, 4) is 5.75 Å². The number of hydrogen-bond donors (Lipinski definition) is 1. The van der Waals surface area contributed by atoms with Gasteiger partial charge in [-0.25, -0.2) is 10.2 Å². The zero-order valence-electron chi connectivity index (χ0n) is 18.3. The van der Waals surface area contributed by atoms with Crippen molar-refractivity contribution in [1.82, 2.24) is 5.43 Å². The summed E-state index contributed by atoms with van der Waals surface area (Å²) >= 11 is 3.41. The lowest BCUT2D eigenvalue weighted by molar-refractivity contribution is -0.121. The molecule has 0 spiro atoms. The number of hydrogen-bond acceptors (Lipinski definition) is 4. The van der Waals surface area contributed by atoms with E-state index in [0.29, 0.717) is 23.3 Å². The maximum Gasteiger partial charge on any atom is 0.343 e. The molecule has 166 valence electrons. The Kier molecular flexibility index (Phi) is 11.0.